The predicted octanol–water partition coefficient (Wildman–Crippen LogP) is 3.44. The number of rotatable bonds is 6. The first-order chi connectivity index (χ1) is 12.6. The molecule has 2 aromatic rings. The van der Waals surface area contributed by atoms with Crippen LogP contribution in [0, 0.1) is 0 Å². The van der Waals surface area contributed by atoms with Crippen molar-refractivity contribution in [2.24, 2.45) is 0 Å². The molecule has 0 N–H and O–H groups in total. The van der Waals surface area contributed by atoms with Crippen LogP contribution in [-0.2, 0) is 20.7 Å². The Kier molecular flexibility index (Phi) is 5.56. The highest BCUT2D eigenvalue weighted by atomic mass is 32.1. The van der Waals surface area contributed by atoms with E-state index in [9.17, 15) is 9.59 Å². The number of thiazole rings is 1. The van der Waals surface area contributed by atoms with Crippen LogP contribution in [-0.4, -0.2) is 36.6 Å². The van der Waals surface area contributed by atoms with Crippen molar-refractivity contribution in [2.75, 3.05) is 18.6 Å². The molecule has 3 rings (SSSR count). The second-order valence-corrected chi connectivity index (χ2v) is 7.00. The molecule has 1 atom stereocenters. The number of anilines is 1. The summed E-state index contributed by atoms with van der Waals surface area (Å²) >= 11 is 1.63. The minimum atomic E-state index is -0.670. The van der Waals surface area contributed by atoms with E-state index in [0.717, 1.165) is 29.1 Å². The van der Waals surface area contributed by atoms with Gasteiger partial charge >= 0.3 is 5.97 Å². The molecule has 0 aliphatic carbocycles. The van der Waals surface area contributed by atoms with Gasteiger partial charge in [0.2, 0.25) is 0 Å². The molecule has 138 valence electrons. The fraction of sp³-hybridized carbons (Fsp3) is 0.421. The fourth-order valence-electron chi connectivity index (χ4n) is 3.03. The minimum absolute atomic E-state index is 0.0861. The number of nitrogens with zero attached hydrogens (tertiary/aromatic N) is 2. The molecule has 2 heterocycles. The number of aromatic nitrogens is 1. The van der Waals surface area contributed by atoms with E-state index in [4.69, 9.17) is 9.47 Å². The summed E-state index contributed by atoms with van der Waals surface area (Å²) in [6.07, 6.45) is 2.45. The minimum Gasteiger partial charge on any atom is -0.482 e. The molecule has 0 fully saturated rings. The van der Waals surface area contributed by atoms with Gasteiger partial charge in [0.05, 0.1) is 23.5 Å². The molecule has 0 saturated carbocycles. The Balaban J connectivity index is 2.01. The van der Waals surface area contributed by atoms with Gasteiger partial charge in [-0.15, -0.1) is 11.3 Å². The quantitative estimate of drug-likeness (QED) is 0.725. The Morgan fingerprint density at radius 2 is 2.23 bits per heavy atom. The number of amides is 1. The van der Waals surface area contributed by atoms with Crippen molar-refractivity contribution in [2.45, 2.75) is 39.2 Å². The van der Waals surface area contributed by atoms with Gasteiger partial charge < -0.3 is 9.47 Å². The lowest BCUT2D eigenvalue weighted by molar-refractivity contribution is -0.144. The molecular weight excluding hydrogens is 352 g/mol. The Bertz CT molecular complexity index is 818. The van der Waals surface area contributed by atoms with Crippen LogP contribution in [0.3, 0.4) is 0 Å². The SMILES string of the molecule is CCCc1nc(-c2ccc3c(c2)N(C(CC)C(=O)OC)C(=O)CO3)cs1. The number of aryl methyl sites for hydroxylation is 1. The standard InChI is InChI=1S/C19H22N2O4S/c1-4-6-17-20-13(11-26-17)12-7-8-16-15(9-12)21(18(22)10-25-16)14(5-2)19(23)24-3/h7-9,11,14H,4-6,10H2,1-3H3. The molecule has 1 aromatic carbocycles. The van der Waals surface area contributed by atoms with E-state index < -0.39 is 12.0 Å². The summed E-state index contributed by atoms with van der Waals surface area (Å²) in [6, 6.07) is 4.95. The van der Waals surface area contributed by atoms with E-state index in [-0.39, 0.29) is 12.5 Å². The zero-order valence-corrected chi connectivity index (χ0v) is 16.0. The zero-order valence-electron chi connectivity index (χ0n) is 15.2. The highest BCUT2D eigenvalue weighted by Crippen LogP contribution is 2.38. The maximum atomic E-state index is 12.5. The molecule has 1 aliphatic heterocycles. The topological polar surface area (TPSA) is 68.7 Å². The lowest BCUT2D eigenvalue weighted by Crippen LogP contribution is -2.49. The fourth-order valence-corrected chi connectivity index (χ4v) is 3.94. The summed E-state index contributed by atoms with van der Waals surface area (Å²) in [5.41, 5.74) is 2.34. The average molecular weight is 374 g/mol. The predicted molar refractivity (Wildman–Crippen MR) is 101 cm³/mol. The Morgan fingerprint density at radius 1 is 1.42 bits per heavy atom. The van der Waals surface area contributed by atoms with Gasteiger partial charge in [-0.3, -0.25) is 9.69 Å². The van der Waals surface area contributed by atoms with E-state index in [1.165, 1.54) is 12.0 Å². The highest BCUT2D eigenvalue weighted by molar-refractivity contribution is 7.09. The van der Waals surface area contributed by atoms with Crippen LogP contribution in [0.4, 0.5) is 5.69 Å². The molecule has 6 nitrogen and oxygen atoms in total. The number of carbonyl (C=O) groups is 2. The molecule has 0 bridgehead atoms. The Morgan fingerprint density at radius 3 is 2.92 bits per heavy atom. The van der Waals surface area contributed by atoms with Crippen molar-refractivity contribution in [1.29, 1.82) is 0 Å². The summed E-state index contributed by atoms with van der Waals surface area (Å²) in [4.78, 5) is 30.8. The van der Waals surface area contributed by atoms with E-state index >= 15 is 0 Å². The van der Waals surface area contributed by atoms with Crippen molar-refractivity contribution < 1.29 is 19.1 Å². The van der Waals surface area contributed by atoms with E-state index in [1.54, 1.807) is 11.3 Å². The van der Waals surface area contributed by atoms with Crippen molar-refractivity contribution in [1.82, 2.24) is 4.98 Å². The summed E-state index contributed by atoms with van der Waals surface area (Å²) in [5, 5.41) is 3.10. The second-order valence-electron chi connectivity index (χ2n) is 6.06. The molecule has 1 amide bonds. The van der Waals surface area contributed by atoms with E-state index in [1.807, 2.05) is 30.5 Å². The number of methoxy groups -OCH3 is 1. The van der Waals surface area contributed by atoms with E-state index in [0.29, 0.717) is 17.9 Å². The van der Waals surface area contributed by atoms with Crippen molar-refractivity contribution in [3.05, 3.63) is 28.6 Å². The first-order valence-corrected chi connectivity index (χ1v) is 9.58. The number of esters is 1. The molecule has 26 heavy (non-hydrogen) atoms. The van der Waals surface area contributed by atoms with Crippen LogP contribution in [0.2, 0.25) is 0 Å². The summed E-state index contributed by atoms with van der Waals surface area (Å²) in [6.45, 7) is 3.89. The number of carbonyl (C=O) groups excluding carboxylic acids is 2. The lowest BCUT2D eigenvalue weighted by atomic mass is 10.1. The number of hydrogen-bond donors (Lipinski definition) is 0. The van der Waals surface area contributed by atoms with E-state index in [2.05, 4.69) is 11.9 Å². The number of ether oxygens (including phenoxy) is 2. The van der Waals surface area contributed by atoms with Crippen molar-refractivity contribution >= 4 is 28.9 Å². The lowest BCUT2D eigenvalue weighted by Gasteiger charge is -2.34. The van der Waals surface area contributed by atoms with Gasteiger partial charge in [-0.05, 0) is 37.5 Å². The van der Waals surface area contributed by atoms with Gasteiger partial charge in [-0.1, -0.05) is 13.8 Å². The normalized spacial score (nSPS) is 14.6. The molecule has 0 radical (unpaired) electrons. The van der Waals surface area contributed by atoms with Crippen molar-refractivity contribution in [3.8, 4) is 17.0 Å². The second kappa shape index (κ2) is 7.86. The average Bonchev–Trinajstić information content (AvgIpc) is 3.12. The molecule has 0 spiro atoms. The van der Waals surface area contributed by atoms with Gasteiger partial charge in [-0.2, -0.15) is 0 Å². The van der Waals surface area contributed by atoms with Crippen LogP contribution in [0.5, 0.6) is 5.75 Å². The summed E-state index contributed by atoms with van der Waals surface area (Å²) < 4.78 is 10.4. The zero-order chi connectivity index (χ0) is 18.7. The number of benzene rings is 1. The summed E-state index contributed by atoms with van der Waals surface area (Å²) in [5.74, 6) is -0.102. The monoisotopic (exact) mass is 374 g/mol. The maximum Gasteiger partial charge on any atom is 0.328 e. The highest BCUT2D eigenvalue weighted by Gasteiger charge is 2.35. The molecule has 1 unspecified atom stereocenters. The van der Waals surface area contributed by atoms with Gasteiger partial charge in [0.15, 0.2) is 6.61 Å². The molecule has 1 aliphatic rings. The molecule has 0 saturated heterocycles. The van der Waals surface area contributed by atoms with Crippen molar-refractivity contribution in [3.63, 3.8) is 0 Å². The summed E-state index contributed by atoms with van der Waals surface area (Å²) in [7, 11) is 1.33. The van der Waals surface area contributed by atoms with Gasteiger partial charge in [0.1, 0.15) is 11.8 Å². The van der Waals surface area contributed by atoms with Gasteiger partial charge in [0.25, 0.3) is 5.91 Å². The van der Waals surface area contributed by atoms with Crippen LogP contribution in [0.15, 0.2) is 23.6 Å². The van der Waals surface area contributed by atoms with Crippen LogP contribution in [0.1, 0.15) is 31.7 Å². The van der Waals surface area contributed by atoms with Crippen LogP contribution < -0.4 is 9.64 Å². The van der Waals surface area contributed by atoms with Crippen LogP contribution >= 0.6 is 11.3 Å². The molecule has 7 heteroatoms. The number of fused-ring (bicyclic) bond motifs is 1. The third-order valence-corrected chi connectivity index (χ3v) is 5.23. The third-order valence-electron chi connectivity index (χ3n) is 4.32. The third kappa shape index (κ3) is 3.44. The largest absolute Gasteiger partial charge is 0.482 e. The first kappa shape index (κ1) is 18.4. The Hall–Kier alpha value is -2.41. The first-order valence-electron chi connectivity index (χ1n) is 8.70. The smallest absolute Gasteiger partial charge is 0.328 e. The molecular formula is C19H22N2O4S. The van der Waals surface area contributed by atoms with Crippen LogP contribution in [0.25, 0.3) is 11.3 Å². The molecule has 1 aromatic heterocycles. The Labute approximate surface area is 156 Å². The number of hydrogen-bond acceptors (Lipinski definition) is 6. The van der Waals surface area contributed by atoms with Gasteiger partial charge in [-0.25, -0.2) is 9.78 Å². The maximum absolute atomic E-state index is 12.5. The van der Waals surface area contributed by atoms with Gasteiger partial charge in [0, 0.05) is 10.9 Å².